The van der Waals surface area contributed by atoms with Crippen molar-refractivity contribution in [2.24, 2.45) is 5.73 Å². The maximum absolute atomic E-state index is 12.3. The molecule has 2 atom stereocenters. The van der Waals surface area contributed by atoms with E-state index in [0.29, 0.717) is 11.4 Å². The molecule has 0 saturated carbocycles. The fourth-order valence-corrected chi connectivity index (χ4v) is 2.64. The smallest absolute Gasteiger partial charge is 0.333 e. The van der Waals surface area contributed by atoms with Crippen molar-refractivity contribution in [3.63, 3.8) is 0 Å². The van der Waals surface area contributed by atoms with Crippen LogP contribution in [0.2, 0.25) is 0 Å². The number of benzene rings is 1. The topological polar surface area (TPSA) is 75.9 Å². The number of primary amides is 1. The highest BCUT2D eigenvalue weighted by molar-refractivity contribution is 6.05. The van der Waals surface area contributed by atoms with Gasteiger partial charge in [0, 0.05) is 0 Å². The summed E-state index contributed by atoms with van der Waals surface area (Å²) in [4.78, 5) is 26.3. The van der Waals surface area contributed by atoms with E-state index in [1.165, 1.54) is 0 Å². The number of aryl methyl sites for hydroxylation is 1. The van der Waals surface area contributed by atoms with Crippen LogP contribution in [-0.2, 0) is 0 Å². The van der Waals surface area contributed by atoms with Gasteiger partial charge in [-0.2, -0.15) is 0 Å². The van der Waals surface area contributed by atoms with Crippen LogP contribution in [0, 0.1) is 6.92 Å². The number of carbonyl (C=O) groups is 2. The molecule has 2 aliphatic rings. The van der Waals surface area contributed by atoms with Gasteiger partial charge in [0.1, 0.15) is 11.9 Å². The molecule has 4 amide bonds. The van der Waals surface area contributed by atoms with Gasteiger partial charge in [-0.3, -0.25) is 4.90 Å². The van der Waals surface area contributed by atoms with E-state index in [9.17, 15) is 9.59 Å². The first-order valence-corrected chi connectivity index (χ1v) is 6.16. The van der Waals surface area contributed by atoms with Gasteiger partial charge in [0.15, 0.2) is 0 Å². The number of rotatable bonds is 0. The van der Waals surface area contributed by atoms with Gasteiger partial charge in [-0.1, -0.05) is 6.07 Å². The van der Waals surface area contributed by atoms with Crippen LogP contribution in [0.5, 0.6) is 5.75 Å². The number of amides is 4. The summed E-state index contributed by atoms with van der Waals surface area (Å²) in [6.07, 6.45) is -0.177. The third-order valence-electron chi connectivity index (χ3n) is 3.63. The second-order valence-electron chi connectivity index (χ2n) is 4.96. The molecule has 1 aromatic rings. The second kappa shape index (κ2) is 3.88. The first-order chi connectivity index (χ1) is 8.99. The van der Waals surface area contributed by atoms with Gasteiger partial charge >= 0.3 is 12.1 Å². The summed E-state index contributed by atoms with van der Waals surface area (Å²) in [7, 11) is 0. The van der Waals surface area contributed by atoms with Gasteiger partial charge in [-0.15, -0.1) is 0 Å². The van der Waals surface area contributed by atoms with E-state index >= 15 is 0 Å². The van der Waals surface area contributed by atoms with E-state index in [1.54, 1.807) is 4.90 Å². The zero-order valence-corrected chi connectivity index (χ0v) is 10.8. The quantitative estimate of drug-likeness (QED) is 0.768. The SMILES string of the molecule is Cc1ccc2c(c1)N1C(=O)N(C(N)=O)CC1C(C)O2. The summed E-state index contributed by atoms with van der Waals surface area (Å²) in [6, 6.07) is 4.38. The van der Waals surface area contributed by atoms with Crippen LogP contribution in [0.25, 0.3) is 0 Å². The number of nitrogens with two attached hydrogens (primary N) is 1. The van der Waals surface area contributed by atoms with Crippen LogP contribution >= 0.6 is 0 Å². The van der Waals surface area contributed by atoms with Crippen LogP contribution in [0.4, 0.5) is 15.3 Å². The number of anilines is 1. The molecule has 100 valence electrons. The monoisotopic (exact) mass is 261 g/mol. The molecule has 0 aromatic heterocycles. The Morgan fingerprint density at radius 3 is 2.89 bits per heavy atom. The van der Waals surface area contributed by atoms with Gasteiger partial charge < -0.3 is 10.5 Å². The Labute approximate surface area is 110 Å². The molecule has 0 aliphatic carbocycles. The molecule has 0 radical (unpaired) electrons. The highest BCUT2D eigenvalue weighted by Gasteiger charge is 2.47. The number of fused-ring (bicyclic) bond motifs is 3. The molecule has 1 fully saturated rings. The standard InChI is InChI=1S/C13H15N3O3/c1-7-3-4-11-9(5-7)16-10(8(2)19-11)6-15(12(14)17)13(16)18/h3-5,8,10H,6H2,1-2H3,(H2,14,17). The van der Waals surface area contributed by atoms with Gasteiger partial charge in [-0.05, 0) is 31.5 Å². The van der Waals surface area contributed by atoms with E-state index in [-0.39, 0.29) is 24.7 Å². The predicted octanol–water partition coefficient (Wildman–Crippen LogP) is 1.47. The summed E-state index contributed by atoms with van der Waals surface area (Å²) in [6.45, 7) is 4.10. The lowest BCUT2D eigenvalue weighted by atomic mass is 10.1. The fraction of sp³-hybridized carbons (Fsp3) is 0.385. The van der Waals surface area contributed by atoms with Gasteiger partial charge in [0.05, 0.1) is 18.3 Å². The molecular formula is C13H15N3O3. The molecule has 2 N–H and O–H groups in total. The van der Waals surface area contributed by atoms with Crippen LogP contribution < -0.4 is 15.4 Å². The zero-order chi connectivity index (χ0) is 13.7. The molecule has 3 rings (SSSR count). The summed E-state index contributed by atoms with van der Waals surface area (Å²) < 4.78 is 5.80. The number of imide groups is 1. The van der Waals surface area contributed by atoms with Crippen molar-refractivity contribution in [3.8, 4) is 5.75 Å². The number of urea groups is 2. The fourth-order valence-electron chi connectivity index (χ4n) is 2.64. The van der Waals surface area contributed by atoms with E-state index in [2.05, 4.69) is 0 Å². The Balaban J connectivity index is 2.09. The molecule has 2 unspecified atom stereocenters. The molecule has 1 aromatic carbocycles. The lowest BCUT2D eigenvalue weighted by Gasteiger charge is -2.35. The van der Waals surface area contributed by atoms with Crippen molar-refractivity contribution in [3.05, 3.63) is 23.8 Å². The highest BCUT2D eigenvalue weighted by Crippen LogP contribution is 2.40. The molecule has 0 bridgehead atoms. The average Bonchev–Trinajstić information content (AvgIpc) is 2.69. The Hall–Kier alpha value is -2.24. The number of ether oxygens (including phenoxy) is 1. The third kappa shape index (κ3) is 1.63. The van der Waals surface area contributed by atoms with E-state index < -0.39 is 6.03 Å². The van der Waals surface area contributed by atoms with Crippen LogP contribution in [0.3, 0.4) is 0 Å². The Morgan fingerprint density at radius 1 is 1.47 bits per heavy atom. The summed E-state index contributed by atoms with van der Waals surface area (Å²) in [5, 5.41) is 0. The molecule has 0 spiro atoms. The molecule has 6 heteroatoms. The molecule has 6 nitrogen and oxygen atoms in total. The molecular weight excluding hydrogens is 246 g/mol. The Morgan fingerprint density at radius 2 is 2.21 bits per heavy atom. The number of hydrogen-bond donors (Lipinski definition) is 1. The van der Waals surface area contributed by atoms with Gasteiger partial charge in [0.2, 0.25) is 0 Å². The predicted molar refractivity (Wildman–Crippen MR) is 69.2 cm³/mol. The average molecular weight is 261 g/mol. The van der Waals surface area contributed by atoms with Crippen molar-refractivity contribution >= 4 is 17.7 Å². The lowest BCUT2D eigenvalue weighted by molar-refractivity contribution is 0.175. The highest BCUT2D eigenvalue weighted by atomic mass is 16.5. The first-order valence-electron chi connectivity index (χ1n) is 6.16. The van der Waals surface area contributed by atoms with Crippen LogP contribution in [-0.4, -0.2) is 35.7 Å². The third-order valence-corrected chi connectivity index (χ3v) is 3.63. The Bertz CT molecular complexity index is 572. The number of nitrogens with zero attached hydrogens (tertiary/aromatic N) is 2. The molecule has 2 heterocycles. The first kappa shape index (κ1) is 11.8. The minimum Gasteiger partial charge on any atom is -0.486 e. The normalized spacial score (nSPS) is 24.8. The minimum absolute atomic E-state index is 0.177. The minimum atomic E-state index is -0.721. The second-order valence-corrected chi connectivity index (χ2v) is 4.96. The van der Waals surface area contributed by atoms with E-state index in [1.807, 2.05) is 32.0 Å². The van der Waals surface area contributed by atoms with Crippen molar-refractivity contribution in [1.82, 2.24) is 4.90 Å². The van der Waals surface area contributed by atoms with Crippen LogP contribution in [0.1, 0.15) is 12.5 Å². The van der Waals surface area contributed by atoms with Crippen molar-refractivity contribution in [1.29, 1.82) is 0 Å². The maximum Gasteiger partial charge on any atom is 0.333 e. The van der Waals surface area contributed by atoms with E-state index in [4.69, 9.17) is 10.5 Å². The van der Waals surface area contributed by atoms with Crippen molar-refractivity contribution in [2.45, 2.75) is 26.0 Å². The van der Waals surface area contributed by atoms with Crippen molar-refractivity contribution < 1.29 is 14.3 Å². The summed E-state index contributed by atoms with van der Waals surface area (Å²) in [5.41, 5.74) is 6.97. The Kier molecular flexibility index (Phi) is 2.41. The van der Waals surface area contributed by atoms with Crippen molar-refractivity contribution in [2.75, 3.05) is 11.4 Å². The van der Waals surface area contributed by atoms with Crippen LogP contribution in [0.15, 0.2) is 18.2 Å². The van der Waals surface area contributed by atoms with Gasteiger partial charge in [-0.25, -0.2) is 14.5 Å². The molecule has 19 heavy (non-hydrogen) atoms. The van der Waals surface area contributed by atoms with E-state index in [0.717, 1.165) is 10.5 Å². The molecule has 1 saturated heterocycles. The zero-order valence-electron chi connectivity index (χ0n) is 10.8. The van der Waals surface area contributed by atoms with Gasteiger partial charge in [0.25, 0.3) is 0 Å². The molecule has 2 aliphatic heterocycles. The lowest BCUT2D eigenvalue weighted by Crippen LogP contribution is -2.47. The summed E-state index contributed by atoms with van der Waals surface area (Å²) in [5.74, 6) is 0.661. The number of hydrogen-bond acceptors (Lipinski definition) is 3. The maximum atomic E-state index is 12.3. The summed E-state index contributed by atoms with van der Waals surface area (Å²) >= 11 is 0. The largest absolute Gasteiger partial charge is 0.486 e. The number of carbonyl (C=O) groups excluding carboxylic acids is 2.